The van der Waals surface area contributed by atoms with Gasteiger partial charge in [-0.2, -0.15) is 0 Å². The molecule has 1 N–H and O–H groups in total. The van der Waals surface area contributed by atoms with Crippen molar-refractivity contribution in [1.82, 2.24) is 5.32 Å². The predicted octanol–water partition coefficient (Wildman–Crippen LogP) is 9.40. The van der Waals surface area contributed by atoms with E-state index in [0.29, 0.717) is 163 Å². The van der Waals surface area contributed by atoms with Gasteiger partial charge in [-0.3, -0.25) is 0 Å². The molecule has 0 saturated carbocycles. The molecule has 0 aliphatic carbocycles. The number of hydrogen-bond acceptors (Lipinski definition) is 16. The van der Waals surface area contributed by atoms with E-state index in [1.807, 2.05) is 62.3 Å². The minimum Gasteiger partial charge on any atom is -0.379 e. The Labute approximate surface area is 442 Å². The van der Waals surface area contributed by atoms with Crippen LogP contribution in [0.4, 0.5) is 0 Å². The van der Waals surface area contributed by atoms with Crippen LogP contribution in [0.2, 0.25) is 0 Å². The average Bonchev–Trinajstić information content (AvgIpc) is 3.23. The van der Waals surface area contributed by atoms with Crippen LogP contribution in [0.15, 0.2) is 0 Å². The van der Waals surface area contributed by atoms with Crippen LogP contribution in [0.25, 0.3) is 0 Å². The largest absolute Gasteiger partial charge is 0.379 e. The van der Waals surface area contributed by atoms with E-state index in [9.17, 15) is 0 Å². The summed E-state index contributed by atoms with van der Waals surface area (Å²) in [6.45, 7) is 52.6. The first kappa shape index (κ1) is 73.4. The number of ether oxygens (including phenoxy) is 15. The van der Waals surface area contributed by atoms with E-state index < -0.39 is 0 Å². The summed E-state index contributed by atoms with van der Waals surface area (Å²) in [6, 6.07) is 0. The van der Waals surface area contributed by atoms with E-state index >= 15 is 0 Å². The lowest BCUT2D eigenvalue weighted by molar-refractivity contribution is -0.0928. The maximum Gasteiger partial charge on any atom is 0.104 e. The van der Waals surface area contributed by atoms with Crippen LogP contribution in [0.1, 0.15) is 150 Å². The first-order valence-electron chi connectivity index (χ1n) is 27.2. The van der Waals surface area contributed by atoms with Gasteiger partial charge < -0.3 is 76.4 Å². The molecule has 0 amide bonds. The third kappa shape index (κ3) is 67.4. The lowest BCUT2D eigenvalue weighted by Crippen LogP contribution is -2.38. The van der Waals surface area contributed by atoms with E-state index in [1.54, 1.807) is 0 Å². The van der Waals surface area contributed by atoms with Gasteiger partial charge in [0.25, 0.3) is 0 Å². The zero-order valence-corrected chi connectivity index (χ0v) is 50.0. The van der Waals surface area contributed by atoms with Gasteiger partial charge in [0.2, 0.25) is 0 Å². The summed E-state index contributed by atoms with van der Waals surface area (Å²) in [4.78, 5) is 0. The molecule has 0 rings (SSSR count). The molecule has 0 unspecified atom stereocenters. The fraction of sp³-hybridized carbons (Fsp3) is 1.00. The van der Waals surface area contributed by atoms with Crippen molar-refractivity contribution in [3.63, 3.8) is 0 Å². The van der Waals surface area contributed by atoms with Crippen molar-refractivity contribution in [1.29, 1.82) is 0 Å². The van der Waals surface area contributed by atoms with Crippen LogP contribution in [0, 0.1) is 10.8 Å². The van der Waals surface area contributed by atoms with Crippen LogP contribution in [-0.4, -0.2) is 206 Å². The number of nitrogens with one attached hydrogen (secondary N) is 1. The van der Waals surface area contributed by atoms with E-state index in [-0.39, 0.29) is 34.6 Å². The molecule has 0 radical (unpaired) electrons. The molecule has 0 aromatic carbocycles. The molecular formula is C56H117NO15. The Morgan fingerprint density at radius 2 is 0.528 bits per heavy atom. The Morgan fingerprint density at radius 3 is 0.806 bits per heavy atom. The van der Waals surface area contributed by atoms with Crippen LogP contribution in [0.3, 0.4) is 0 Å². The van der Waals surface area contributed by atoms with Crippen molar-refractivity contribution < 1.29 is 71.1 Å². The fourth-order valence-electron chi connectivity index (χ4n) is 5.91. The van der Waals surface area contributed by atoms with Gasteiger partial charge in [-0.15, -0.1) is 0 Å². The van der Waals surface area contributed by atoms with Crippen molar-refractivity contribution in [2.75, 3.05) is 172 Å². The molecule has 0 fully saturated rings. The summed E-state index contributed by atoms with van der Waals surface area (Å²) in [7, 11) is 0. The van der Waals surface area contributed by atoms with Crippen LogP contribution in [-0.2, 0) is 71.1 Å². The van der Waals surface area contributed by atoms with Gasteiger partial charge in [-0.25, -0.2) is 0 Å². The van der Waals surface area contributed by atoms with Gasteiger partial charge in [0, 0.05) is 25.3 Å². The standard InChI is InChI=1S/C29H61NO6.C27H56O9/c1-27(2,3)12-10-15-31-18-20-34-24-26(36-23-22-33-17-14-30-29(7,8)9)25-35-21-19-32-16-11-13-28(4,5)6;1-25(2,3)34-19-15-28-10-12-31-22-24(33-18-14-30-17-21-36-27(7,8)9)23-32-13-11-29-16-20-35-26(4,5)6/h26,30H,10-25H2,1-9H3;24H,10-23H2,1-9H3. The Morgan fingerprint density at radius 1 is 0.278 bits per heavy atom. The van der Waals surface area contributed by atoms with Gasteiger partial charge in [0.1, 0.15) is 12.2 Å². The molecule has 0 heterocycles. The molecule has 0 atom stereocenters. The molecule has 0 aliphatic rings. The van der Waals surface area contributed by atoms with E-state index in [0.717, 1.165) is 45.4 Å². The first-order chi connectivity index (χ1) is 33.6. The average molecular weight is 1040 g/mol. The highest BCUT2D eigenvalue weighted by molar-refractivity contribution is 4.69. The Hall–Kier alpha value is -0.640. The summed E-state index contributed by atoms with van der Waals surface area (Å²) in [5.41, 5.74) is 0.347. The minimum absolute atomic E-state index is 0.103. The molecule has 0 aromatic rings. The second-order valence-corrected chi connectivity index (χ2v) is 24.3. The van der Waals surface area contributed by atoms with Crippen molar-refractivity contribution in [3.05, 3.63) is 0 Å². The maximum atomic E-state index is 5.98. The molecular weight excluding hydrogens is 927 g/mol. The van der Waals surface area contributed by atoms with E-state index in [2.05, 4.69) is 67.6 Å². The monoisotopic (exact) mass is 1040 g/mol. The third-order valence-corrected chi connectivity index (χ3v) is 9.49. The molecule has 16 nitrogen and oxygen atoms in total. The molecule has 0 aliphatic heterocycles. The van der Waals surface area contributed by atoms with E-state index in [4.69, 9.17) is 71.1 Å². The lowest BCUT2D eigenvalue weighted by atomic mass is 9.91. The number of rotatable bonds is 46. The molecule has 0 aromatic heterocycles. The normalized spacial score (nSPS) is 13.2. The topological polar surface area (TPSA) is 150 Å². The lowest BCUT2D eigenvalue weighted by Gasteiger charge is -2.21. The molecule has 436 valence electrons. The third-order valence-electron chi connectivity index (χ3n) is 9.49. The van der Waals surface area contributed by atoms with Gasteiger partial charge in [0.05, 0.1) is 169 Å². The Balaban J connectivity index is 0. The van der Waals surface area contributed by atoms with Gasteiger partial charge in [0.15, 0.2) is 0 Å². The summed E-state index contributed by atoms with van der Waals surface area (Å²) in [5.74, 6) is 0. The van der Waals surface area contributed by atoms with Crippen molar-refractivity contribution in [2.24, 2.45) is 10.8 Å². The maximum absolute atomic E-state index is 5.98. The van der Waals surface area contributed by atoms with Crippen LogP contribution in [0.5, 0.6) is 0 Å². The highest BCUT2D eigenvalue weighted by atomic mass is 16.6. The number of hydrogen-bond donors (Lipinski definition) is 1. The summed E-state index contributed by atoms with van der Waals surface area (Å²) in [5, 5.41) is 3.41. The summed E-state index contributed by atoms with van der Waals surface area (Å²) < 4.78 is 85.7. The van der Waals surface area contributed by atoms with Crippen LogP contribution < -0.4 is 5.32 Å². The molecule has 0 spiro atoms. The van der Waals surface area contributed by atoms with Crippen molar-refractivity contribution in [2.45, 2.75) is 185 Å². The van der Waals surface area contributed by atoms with Gasteiger partial charge in [-0.05, 0) is 120 Å². The quantitative estimate of drug-likeness (QED) is 0.0576. The Bertz CT molecular complexity index is 992. The SMILES string of the molecule is CC(C)(C)CCCOCCOCC(COCCOCCCC(C)(C)C)OCCOCCNC(C)(C)C.CC(C)(C)OCCOCCOCC(COCCOCCOC(C)(C)C)OCCOCCOC(C)(C)C. The van der Waals surface area contributed by atoms with Gasteiger partial charge >= 0.3 is 0 Å². The highest BCUT2D eigenvalue weighted by Crippen LogP contribution is 2.21. The molecule has 16 heteroatoms. The van der Waals surface area contributed by atoms with Gasteiger partial charge in [-0.1, -0.05) is 41.5 Å². The molecule has 0 saturated heterocycles. The first-order valence-corrected chi connectivity index (χ1v) is 27.2. The Kier molecular flexibility index (Phi) is 45.2. The predicted molar refractivity (Wildman–Crippen MR) is 290 cm³/mol. The smallest absolute Gasteiger partial charge is 0.104 e. The minimum atomic E-state index is -0.201. The molecule has 72 heavy (non-hydrogen) atoms. The second kappa shape index (κ2) is 44.4. The summed E-state index contributed by atoms with van der Waals surface area (Å²) >= 11 is 0. The zero-order chi connectivity index (χ0) is 54.7. The summed E-state index contributed by atoms with van der Waals surface area (Å²) in [6.07, 6.45) is 4.14. The van der Waals surface area contributed by atoms with Crippen molar-refractivity contribution in [3.8, 4) is 0 Å². The second-order valence-electron chi connectivity index (χ2n) is 24.3. The van der Waals surface area contributed by atoms with Crippen molar-refractivity contribution >= 4 is 0 Å². The van der Waals surface area contributed by atoms with E-state index in [1.165, 1.54) is 0 Å². The fourth-order valence-corrected chi connectivity index (χ4v) is 5.91. The zero-order valence-electron chi connectivity index (χ0n) is 50.0. The van der Waals surface area contributed by atoms with Crippen LogP contribution >= 0.6 is 0 Å². The molecule has 0 bridgehead atoms. The highest BCUT2D eigenvalue weighted by Gasteiger charge is 2.15.